The molecule has 0 saturated carbocycles. The zero-order valence-corrected chi connectivity index (χ0v) is 11.5. The van der Waals surface area contributed by atoms with Gasteiger partial charge >= 0.3 is 0 Å². The van der Waals surface area contributed by atoms with Crippen molar-refractivity contribution in [1.82, 2.24) is 0 Å². The quantitative estimate of drug-likeness (QED) is 0.371. The SMILES string of the molecule is [Ag].[Ag].[Cu].[Sn].[Sn]. The van der Waals surface area contributed by atoms with Gasteiger partial charge in [0.25, 0.3) is 0 Å². The Morgan fingerprint density at radius 1 is 0.600 bits per heavy atom. The Morgan fingerprint density at radius 2 is 0.600 bits per heavy atom. The van der Waals surface area contributed by atoms with Crippen LogP contribution in [0.25, 0.3) is 0 Å². The van der Waals surface area contributed by atoms with E-state index in [1.54, 1.807) is 0 Å². The molecule has 0 spiro atoms. The molecular weight excluding hydrogens is 517 g/mol. The summed E-state index contributed by atoms with van der Waals surface area (Å²) in [6.07, 6.45) is 0. The summed E-state index contributed by atoms with van der Waals surface area (Å²) in [5.74, 6) is 0. The number of hydrogen-bond donors (Lipinski definition) is 0. The van der Waals surface area contributed by atoms with Crippen LogP contribution in [-0.4, -0.2) is 47.8 Å². The minimum Gasteiger partial charge on any atom is 0 e. The average molecular weight is 517 g/mol. The summed E-state index contributed by atoms with van der Waals surface area (Å²) in [5.41, 5.74) is 0. The molecule has 0 bridgehead atoms. The van der Waals surface area contributed by atoms with Crippen LogP contribution in [0.2, 0.25) is 0 Å². The van der Waals surface area contributed by atoms with Crippen LogP contribution in [0.1, 0.15) is 0 Å². The molecule has 0 amide bonds. The third-order valence-electron chi connectivity index (χ3n) is 0. The van der Waals surface area contributed by atoms with E-state index < -0.39 is 0 Å². The second-order valence-electron chi connectivity index (χ2n) is 0. The molecule has 41 valence electrons. The predicted octanol–water partition coefficient (Wildman–Crippen LogP) is -0.769. The van der Waals surface area contributed by atoms with Crippen LogP contribution >= 0.6 is 0 Å². The van der Waals surface area contributed by atoms with Gasteiger partial charge in [-0.25, -0.2) is 0 Å². The van der Waals surface area contributed by atoms with Crippen molar-refractivity contribution >= 4 is 47.8 Å². The first-order valence-electron chi connectivity index (χ1n) is 0. The summed E-state index contributed by atoms with van der Waals surface area (Å²) in [6, 6.07) is 0. The molecule has 0 nitrogen and oxygen atoms in total. The van der Waals surface area contributed by atoms with Gasteiger partial charge < -0.3 is 0 Å². The minimum atomic E-state index is 0. The second-order valence-corrected chi connectivity index (χ2v) is 0. The van der Waals surface area contributed by atoms with Crippen LogP contribution < -0.4 is 0 Å². The Morgan fingerprint density at radius 3 is 0.600 bits per heavy atom. The van der Waals surface area contributed by atoms with E-state index in [9.17, 15) is 0 Å². The fraction of sp³-hybridized carbons (Fsp3) is 0. The molecule has 5 heavy (non-hydrogen) atoms. The second kappa shape index (κ2) is 25.6. The van der Waals surface area contributed by atoms with E-state index in [1.807, 2.05) is 0 Å². The van der Waals surface area contributed by atoms with E-state index in [0.717, 1.165) is 0 Å². The predicted molar refractivity (Wildman–Crippen MR) is 11.5 cm³/mol. The maximum Gasteiger partial charge on any atom is 0 e. The molecule has 0 aromatic rings. The van der Waals surface area contributed by atoms with E-state index in [2.05, 4.69) is 0 Å². The van der Waals surface area contributed by atoms with E-state index in [4.69, 9.17) is 0 Å². The molecule has 0 N–H and O–H groups in total. The number of hydrogen-bond acceptors (Lipinski definition) is 0. The van der Waals surface area contributed by atoms with Gasteiger partial charge in [0.05, 0.1) is 0 Å². The topological polar surface area (TPSA) is 0 Å². The van der Waals surface area contributed by atoms with Crippen molar-refractivity contribution in [3.8, 4) is 0 Å². The van der Waals surface area contributed by atoms with Crippen LogP contribution in [0.5, 0.6) is 0 Å². The van der Waals surface area contributed by atoms with E-state index in [-0.39, 0.29) is 110 Å². The van der Waals surface area contributed by atoms with Crippen LogP contribution in [-0.2, 0) is 61.8 Å². The summed E-state index contributed by atoms with van der Waals surface area (Å²) in [5, 5.41) is 0. The summed E-state index contributed by atoms with van der Waals surface area (Å²) in [7, 11) is 0. The fourth-order valence-corrected chi connectivity index (χ4v) is 0. The van der Waals surface area contributed by atoms with Crippen molar-refractivity contribution < 1.29 is 61.8 Å². The summed E-state index contributed by atoms with van der Waals surface area (Å²) >= 11 is 0. The molecule has 0 aliphatic rings. The van der Waals surface area contributed by atoms with Crippen molar-refractivity contribution in [3.63, 3.8) is 0 Å². The third-order valence-corrected chi connectivity index (χ3v) is 0. The van der Waals surface area contributed by atoms with Gasteiger partial charge in [-0.2, -0.15) is 0 Å². The zero-order valence-electron chi connectivity index (χ0n) is 1.90. The first-order chi connectivity index (χ1) is 0. The van der Waals surface area contributed by atoms with Crippen molar-refractivity contribution in [2.75, 3.05) is 0 Å². The molecule has 5 heteroatoms. The van der Waals surface area contributed by atoms with Crippen molar-refractivity contribution in [3.05, 3.63) is 0 Å². The molecule has 0 aliphatic carbocycles. The average Bonchev–Trinajstić information content (AvgIpc) is 0. The van der Waals surface area contributed by atoms with Gasteiger partial charge in [-0.1, -0.05) is 0 Å². The molecule has 0 fully saturated rings. The van der Waals surface area contributed by atoms with E-state index in [0.29, 0.717) is 0 Å². The van der Waals surface area contributed by atoms with Crippen LogP contribution in [0.15, 0.2) is 0 Å². The summed E-state index contributed by atoms with van der Waals surface area (Å²) < 4.78 is 0. The molecule has 0 rings (SSSR count). The Labute approximate surface area is 107 Å². The maximum atomic E-state index is 0. The molecule has 0 aliphatic heterocycles. The van der Waals surface area contributed by atoms with Gasteiger partial charge in [0, 0.05) is 110 Å². The molecule has 0 atom stereocenters. The normalized spacial score (nSPS) is 0. The van der Waals surface area contributed by atoms with Gasteiger partial charge in [0.15, 0.2) is 0 Å². The van der Waals surface area contributed by atoms with Crippen LogP contribution in [0.3, 0.4) is 0 Å². The largest absolute Gasteiger partial charge is 0 e. The van der Waals surface area contributed by atoms with Gasteiger partial charge in [-0.05, 0) is 0 Å². The molecule has 0 saturated heterocycles. The summed E-state index contributed by atoms with van der Waals surface area (Å²) in [4.78, 5) is 0. The van der Waals surface area contributed by atoms with Crippen molar-refractivity contribution in [1.29, 1.82) is 0 Å². The first kappa shape index (κ1) is 38.3. The van der Waals surface area contributed by atoms with Gasteiger partial charge in [0.1, 0.15) is 0 Å². The minimum absolute atomic E-state index is 0. The van der Waals surface area contributed by atoms with Gasteiger partial charge in [-0.15, -0.1) is 0 Å². The van der Waals surface area contributed by atoms with Gasteiger partial charge in [0.2, 0.25) is 0 Å². The molecule has 0 unspecified atom stereocenters. The maximum absolute atomic E-state index is 0. The van der Waals surface area contributed by atoms with Gasteiger partial charge in [-0.3, -0.25) is 0 Å². The van der Waals surface area contributed by atoms with Crippen LogP contribution in [0.4, 0.5) is 0 Å². The monoisotopic (exact) mass is 517 g/mol. The van der Waals surface area contributed by atoms with Crippen LogP contribution in [0, 0.1) is 0 Å². The molecule has 11 radical (unpaired) electrons. The van der Waals surface area contributed by atoms with E-state index >= 15 is 0 Å². The molecule has 0 aromatic carbocycles. The Bertz CT molecular complexity index is 7.61. The Kier molecular flexibility index (Phi) is 196. The Balaban J connectivity index is 0. The molecule has 0 aromatic heterocycles. The third kappa shape index (κ3) is 18.4. The van der Waals surface area contributed by atoms with E-state index in [1.165, 1.54) is 0 Å². The molecular formula is Ag2CuSn2. The first-order valence-corrected chi connectivity index (χ1v) is 0. The smallest absolute Gasteiger partial charge is 0 e. The molecule has 0 heterocycles. The van der Waals surface area contributed by atoms with Crippen molar-refractivity contribution in [2.45, 2.75) is 0 Å². The standard InChI is InChI=1S/2Ag.Cu.2Sn. The zero-order chi connectivity index (χ0) is 0. The summed E-state index contributed by atoms with van der Waals surface area (Å²) in [6.45, 7) is 0. The van der Waals surface area contributed by atoms with Crippen molar-refractivity contribution in [2.24, 2.45) is 0 Å². The Hall–Kier alpha value is 3.60. The number of rotatable bonds is 0. The fourth-order valence-electron chi connectivity index (χ4n) is 0.